The van der Waals surface area contributed by atoms with E-state index in [9.17, 15) is 4.21 Å². The minimum absolute atomic E-state index is 0.339. The van der Waals surface area contributed by atoms with Crippen LogP contribution in [0.1, 0.15) is 6.92 Å². The molecule has 0 aliphatic heterocycles. The highest BCUT2D eigenvalue weighted by Gasteiger charge is 2.11. The fourth-order valence-corrected chi connectivity index (χ4v) is 1.87. The Labute approximate surface area is 80.4 Å². The highest BCUT2D eigenvalue weighted by molar-refractivity contribution is 7.89. The van der Waals surface area contributed by atoms with Crippen LogP contribution >= 0.6 is 0 Å². The van der Waals surface area contributed by atoms with Crippen LogP contribution in [0.25, 0.3) is 0 Å². The zero-order valence-corrected chi connectivity index (χ0v) is 8.25. The summed E-state index contributed by atoms with van der Waals surface area (Å²) in [5, 5.41) is 9.16. The van der Waals surface area contributed by atoms with E-state index in [4.69, 9.17) is 5.11 Å². The van der Waals surface area contributed by atoms with Crippen molar-refractivity contribution in [2.45, 2.75) is 17.9 Å². The molecule has 1 aromatic carbocycles. The second-order valence-electron chi connectivity index (χ2n) is 2.72. The lowest BCUT2D eigenvalue weighted by Gasteiger charge is -2.07. The van der Waals surface area contributed by atoms with E-state index in [1.54, 1.807) is 19.1 Å². The van der Waals surface area contributed by atoms with Crippen molar-refractivity contribution in [3.8, 4) is 0 Å². The number of hydrogen-bond donors (Lipinski definition) is 1. The summed E-state index contributed by atoms with van der Waals surface area (Å²) < 4.78 is 11.6. The van der Waals surface area contributed by atoms with Crippen LogP contribution in [0.3, 0.4) is 0 Å². The Morgan fingerprint density at radius 3 is 2.46 bits per heavy atom. The van der Waals surface area contributed by atoms with Crippen molar-refractivity contribution in [1.29, 1.82) is 0 Å². The molecule has 1 rings (SSSR count). The van der Waals surface area contributed by atoms with E-state index in [-0.39, 0.29) is 0 Å². The number of aliphatic hydroxyl groups is 1. The molecule has 13 heavy (non-hydrogen) atoms. The lowest BCUT2D eigenvalue weighted by atomic mass is 10.4. The van der Waals surface area contributed by atoms with Crippen molar-refractivity contribution in [3.05, 3.63) is 41.8 Å². The molecule has 0 aromatic heterocycles. The van der Waals surface area contributed by atoms with E-state index in [0.717, 1.165) is 0 Å². The minimum atomic E-state index is -1.30. The van der Waals surface area contributed by atoms with Gasteiger partial charge in [0.1, 0.15) is 0 Å². The molecule has 0 fully saturated rings. The van der Waals surface area contributed by atoms with Gasteiger partial charge in [-0.3, -0.25) is 0 Å². The molecule has 0 unspecified atom stereocenters. The average Bonchev–Trinajstić information content (AvgIpc) is 2.17. The molecule has 0 bridgehead atoms. The van der Waals surface area contributed by atoms with Gasteiger partial charge in [0.2, 0.25) is 0 Å². The Balaban J connectivity index is 2.87. The van der Waals surface area contributed by atoms with Gasteiger partial charge in [-0.25, -0.2) is 4.21 Å². The summed E-state index contributed by atoms with van der Waals surface area (Å²) in [4.78, 5) is 1.01. The van der Waals surface area contributed by atoms with Crippen LogP contribution in [-0.4, -0.2) is 15.4 Å². The molecule has 3 heteroatoms. The zero-order chi connectivity index (χ0) is 9.84. The van der Waals surface area contributed by atoms with Gasteiger partial charge in [0, 0.05) is 9.80 Å². The maximum atomic E-state index is 11.6. The average molecular weight is 196 g/mol. The van der Waals surface area contributed by atoms with Crippen LogP contribution in [0, 0.1) is 0 Å². The second kappa shape index (κ2) is 4.35. The topological polar surface area (TPSA) is 37.3 Å². The fourth-order valence-electron chi connectivity index (χ4n) is 0.850. The molecule has 0 spiro atoms. The first-order valence-electron chi connectivity index (χ1n) is 3.96. The Kier molecular flexibility index (Phi) is 3.39. The molecule has 0 heterocycles. The molecule has 2 atom stereocenters. The third-order valence-electron chi connectivity index (χ3n) is 1.66. The van der Waals surface area contributed by atoms with Gasteiger partial charge in [-0.2, -0.15) is 0 Å². The molecular weight excluding hydrogens is 184 g/mol. The van der Waals surface area contributed by atoms with Gasteiger partial charge in [0.05, 0.1) is 16.9 Å². The molecular formula is C10H12O2S. The van der Waals surface area contributed by atoms with Gasteiger partial charge in [0.15, 0.2) is 0 Å². The van der Waals surface area contributed by atoms with Gasteiger partial charge in [0.25, 0.3) is 0 Å². The summed E-state index contributed by atoms with van der Waals surface area (Å²) in [5.41, 5.74) is 0. The Bertz CT molecular complexity index is 317. The van der Waals surface area contributed by atoms with E-state index >= 15 is 0 Å². The first kappa shape index (κ1) is 10.2. The predicted molar refractivity (Wildman–Crippen MR) is 53.7 cm³/mol. The normalized spacial score (nSPS) is 14.9. The summed E-state index contributed by atoms with van der Waals surface area (Å²) in [6, 6.07) is 8.98. The summed E-state index contributed by atoms with van der Waals surface area (Å²) in [5.74, 6) is 0. The number of benzene rings is 1. The summed E-state index contributed by atoms with van der Waals surface area (Å²) in [6.07, 6.45) is -0.735. The molecule has 1 N–H and O–H groups in total. The minimum Gasteiger partial charge on any atom is -0.388 e. The zero-order valence-electron chi connectivity index (χ0n) is 7.43. The van der Waals surface area contributed by atoms with Crippen LogP contribution in [0.5, 0.6) is 0 Å². The summed E-state index contributed by atoms with van der Waals surface area (Å²) in [7, 11) is -1.30. The lowest BCUT2D eigenvalue weighted by Crippen LogP contribution is -2.08. The van der Waals surface area contributed by atoms with E-state index in [2.05, 4.69) is 6.58 Å². The number of aliphatic hydroxyl groups excluding tert-OH is 1. The standard InChI is InChI=1S/C10H12O2S/c1-8(11)9(2)13(12)10-6-4-3-5-7-10/h3-8,11H,2H2,1H3/t8-,13-/m1/s1. The van der Waals surface area contributed by atoms with Gasteiger partial charge in [-0.15, -0.1) is 0 Å². The Hall–Kier alpha value is -0.930. The first-order valence-corrected chi connectivity index (χ1v) is 5.11. The van der Waals surface area contributed by atoms with Crippen molar-refractivity contribution >= 4 is 10.8 Å². The highest BCUT2D eigenvalue weighted by atomic mass is 32.2. The first-order chi connectivity index (χ1) is 6.13. The molecule has 0 aliphatic rings. The van der Waals surface area contributed by atoms with Gasteiger partial charge in [-0.05, 0) is 19.1 Å². The van der Waals surface area contributed by atoms with Gasteiger partial charge in [-0.1, -0.05) is 24.8 Å². The largest absolute Gasteiger partial charge is 0.388 e. The SMILES string of the molecule is C=C([C@@H](C)O)[S@@](=O)c1ccccc1. The van der Waals surface area contributed by atoms with Gasteiger partial charge >= 0.3 is 0 Å². The molecule has 0 saturated heterocycles. The third kappa shape index (κ3) is 2.50. The van der Waals surface area contributed by atoms with Crippen LogP contribution < -0.4 is 0 Å². The van der Waals surface area contributed by atoms with Crippen molar-refractivity contribution in [1.82, 2.24) is 0 Å². The summed E-state index contributed by atoms with van der Waals surface area (Å²) in [6.45, 7) is 5.14. The monoisotopic (exact) mass is 196 g/mol. The summed E-state index contributed by atoms with van der Waals surface area (Å²) >= 11 is 0. The molecule has 0 saturated carbocycles. The van der Waals surface area contributed by atoms with Crippen molar-refractivity contribution in [2.24, 2.45) is 0 Å². The fraction of sp³-hybridized carbons (Fsp3) is 0.200. The molecule has 1 aromatic rings. The molecule has 0 amide bonds. The van der Waals surface area contributed by atoms with Crippen molar-refractivity contribution < 1.29 is 9.32 Å². The van der Waals surface area contributed by atoms with Crippen LogP contribution in [0.4, 0.5) is 0 Å². The van der Waals surface area contributed by atoms with Crippen LogP contribution in [0.15, 0.2) is 46.7 Å². The van der Waals surface area contributed by atoms with E-state index in [0.29, 0.717) is 9.80 Å². The van der Waals surface area contributed by atoms with Crippen LogP contribution in [-0.2, 0) is 10.8 Å². The maximum absolute atomic E-state index is 11.6. The smallest absolute Gasteiger partial charge is 0.0843 e. The number of rotatable bonds is 3. The highest BCUT2D eigenvalue weighted by Crippen LogP contribution is 2.14. The second-order valence-corrected chi connectivity index (χ2v) is 4.26. The molecule has 2 nitrogen and oxygen atoms in total. The lowest BCUT2D eigenvalue weighted by molar-refractivity contribution is 0.240. The van der Waals surface area contributed by atoms with Crippen LogP contribution in [0.2, 0.25) is 0 Å². The van der Waals surface area contributed by atoms with Crippen molar-refractivity contribution in [2.75, 3.05) is 0 Å². The van der Waals surface area contributed by atoms with E-state index in [1.807, 2.05) is 18.2 Å². The molecule has 0 aliphatic carbocycles. The Morgan fingerprint density at radius 1 is 1.46 bits per heavy atom. The van der Waals surface area contributed by atoms with Gasteiger partial charge < -0.3 is 5.11 Å². The van der Waals surface area contributed by atoms with E-state index in [1.165, 1.54) is 0 Å². The molecule has 70 valence electrons. The Morgan fingerprint density at radius 2 is 2.00 bits per heavy atom. The maximum Gasteiger partial charge on any atom is 0.0843 e. The van der Waals surface area contributed by atoms with E-state index < -0.39 is 16.9 Å². The van der Waals surface area contributed by atoms with Crippen molar-refractivity contribution in [3.63, 3.8) is 0 Å². The number of hydrogen-bond acceptors (Lipinski definition) is 2. The third-order valence-corrected chi connectivity index (χ3v) is 3.18. The quantitative estimate of drug-likeness (QED) is 0.798. The molecule has 0 radical (unpaired) electrons. The predicted octanol–water partition coefficient (Wildman–Crippen LogP) is 1.69.